The van der Waals surface area contributed by atoms with E-state index in [0.717, 1.165) is 32.6 Å². The molecule has 1 saturated heterocycles. The fourth-order valence-electron chi connectivity index (χ4n) is 2.41. The Kier molecular flexibility index (Phi) is 4.34. The quantitative estimate of drug-likeness (QED) is 0.805. The summed E-state index contributed by atoms with van der Waals surface area (Å²) in [5.41, 5.74) is 6.95. The third kappa shape index (κ3) is 3.41. The minimum absolute atomic E-state index is 0.476. The molecule has 94 valence electrons. The van der Waals surface area contributed by atoms with Crippen LogP contribution < -0.4 is 11.1 Å². The van der Waals surface area contributed by atoms with E-state index in [1.807, 2.05) is 12.1 Å². The first-order valence-corrected chi connectivity index (χ1v) is 6.31. The van der Waals surface area contributed by atoms with Gasteiger partial charge in [-0.1, -0.05) is 6.92 Å². The first kappa shape index (κ1) is 12.3. The van der Waals surface area contributed by atoms with Crippen molar-refractivity contribution in [3.05, 3.63) is 23.9 Å². The van der Waals surface area contributed by atoms with Gasteiger partial charge in [0.15, 0.2) is 0 Å². The van der Waals surface area contributed by atoms with Crippen LogP contribution in [0.3, 0.4) is 0 Å². The second-order valence-corrected chi connectivity index (χ2v) is 4.58. The molecule has 2 rings (SSSR count). The molecule has 2 unspecified atom stereocenters. The Morgan fingerprint density at radius 3 is 3.18 bits per heavy atom. The number of nitrogens with zero attached hydrogens (tertiary/aromatic N) is 1. The average Bonchev–Trinajstić information content (AvgIpc) is 2.82. The Hall–Kier alpha value is -1.13. The van der Waals surface area contributed by atoms with Crippen LogP contribution in [0.15, 0.2) is 18.3 Å². The Morgan fingerprint density at radius 1 is 1.65 bits per heavy atom. The van der Waals surface area contributed by atoms with Crippen LogP contribution >= 0.6 is 0 Å². The third-order valence-electron chi connectivity index (χ3n) is 3.30. The predicted molar refractivity (Wildman–Crippen MR) is 68.7 cm³/mol. The van der Waals surface area contributed by atoms with Gasteiger partial charge in [-0.3, -0.25) is 0 Å². The van der Waals surface area contributed by atoms with Crippen molar-refractivity contribution in [3.63, 3.8) is 0 Å². The highest BCUT2D eigenvalue weighted by Gasteiger charge is 2.25. The summed E-state index contributed by atoms with van der Waals surface area (Å²) in [4.78, 5) is 4.02. The molecule has 0 saturated carbocycles. The number of hydrogen-bond acceptors (Lipinski definition) is 4. The van der Waals surface area contributed by atoms with Crippen LogP contribution in [-0.2, 0) is 11.2 Å². The van der Waals surface area contributed by atoms with E-state index >= 15 is 0 Å². The number of rotatable bonds is 5. The van der Waals surface area contributed by atoms with Gasteiger partial charge < -0.3 is 15.8 Å². The van der Waals surface area contributed by atoms with Gasteiger partial charge in [0.1, 0.15) is 5.82 Å². The first-order valence-electron chi connectivity index (χ1n) is 6.31. The smallest absolute Gasteiger partial charge is 0.123 e. The fraction of sp³-hybridized carbons (Fsp3) is 0.615. The zero-order valence-corrected chi connectivity index (χ0v) is 10.4. The average molecular weight is 235 g/mol. The van der Waals surface area contributed by atoms with Gasteiger partial charge in [-0.25, -0.2) is 4.98 Å². The number of anilines is 1. The Balaban J connectivity index is 2.01. The molecule has 4 heteroatoms. The van der Waals surface area contributed by atoms with Gasteiger partial charge in [-0.2, -0.15) is 0 Å². The number of nitrogens with two attached hydrogens (primary N) is 1. The molecule has 1 aromatic heterocycles. The molecule has 0 radical (unpaired) electrons. The normalized spacial score (nSPS) is 21.6. The van der Waals surface area contributed by atoms with E-state index in [9.17, 15) is 0 Å². The molecule has 0 spiro atoms. The first-order chi connectivity index (χ1) is 8.29. The molecule has 2 atom stereocenters. The van der Waals surface area contributed by atoms with Gasteiger partial charge in [-0.05, 0) is 37.1 Å². The molecule has 1 aliphatic heterocycles. The van der Waals surface area contributed by atoms with Gasteiger partial charge in [-0.15, -0.1) is 0 Å². The standard InChI is InChI=1S/C13H21N3O/c1-2-15-12(11-4-6-17-9-11)7-10-3-5-16-13(14)8-10/h3,5,8,11-12,15H,2,4,6-7,9H2,1H3,(H2,14,16). The summed E-state index contributed by atoms with van der Waals surface area (Å²) in [5, 5.41) is 3.55. The third-order valence-corrected chi connectivity index (χ3v) is 3.30. The maximum atomic E-state index is 5.71. The van der Waals surface area contributed by atoms with E-state index in [1.165, 1.54) is 5.56 Å². The van der Waals surface area contributed by atoms with Gasteiger partial charge in [0, 0.05) is 24.8 Å². The molecule has 0 amide bonds. The summed E-state index contributed by atoms with van der Waals surface area (Å²) in [6.07, 6.45) is 3.92. The molecule has 1 aliphatic rings. The van der Waals surface area contributed by atoms with Crippen LogP contribution in [0.25, 0.3) is 0 Å². The van der Waals surface area contributed by atoms with Gasteiger partial charge >= 0.3 is 0 Å². The predicted octanol–water partition coefficient (Wildman–Crippen LogP) is 1.22. The molecule has 4 nitrogen and oxygen atoms in total. The van der Waals surface area contributed by atoms with E-state index in [1.54, 1.807) is 6.20 Å². The summed E-state index contributed by atoms with van der Waals surface area (Å²) in [6, 6.07) is 4.47. The molecular weight excluding hydrogens is 214 g/mol. The van der Waals surface area contributed by atoms with Crippen LogP contribution in [0.4, 0.5) is 5.82 Å². The molecule has 0 aromatic carbocycles. The van der Waals surface area contributed by atoms with E-state index in [-0.39, 0.29) is 0 Å². The highest BCUT2D eigenvalue weighted by molar-refractivity contribution is 5.32. The van der Waals surface area contributed by atoms with Crippen molar-refractivity contribution in [2.75, 3.05) is 25.5 Å². The Labute approximate surface area is 103 Å². The number of likely N-dealkylation sites (N-methyl/N-ethyl adjacent to an activating group) is 1. The van der Waals surface area contributed by atoms with Crippen LogP contribution in [0, 0.1) is 5.92 Å². The molecule has 1 fully saturated rings. The minimum atomic E-state index is 0.476. The number of aromatic nitrogens is 1. The zero-order valence-electron chi connectivity index (χ0n) is 10.4. The maximum Gasteiger partial charge on any atom is 0.123 e. The van der Waals surface area contributed by atoms with Crippen molar-refractivity contribution in [1.82, 2.24) is 10.3 Å². The largest absolute Gasteiger partial charge is 0.384 e. The Morgan fingerprint density at radius 2 is 2.53 bits per heavy atom. The topological polar surface area (TPSA) is 60.2 Å². The summed E-state index contributed by atoms with van der Waals surface area (Å²) in [6.45, 7) is 4.90. The number of nitrogen functional groups attached to an aromatic ring is 1. The van der Waals surface area contributed by atoms with E-state index in [4.69, 9.17) is 10.5 Å². The Bertz CT molecular complexity index is 350. The molecule has 0 bridgehead atoms. The van der Waals surface area contributed by atoms with Crippen LogP contribution in [0.2, 0.25) is 0 Å². The number of hydrogen-bond donors (Lipinski definition) is 2. The second-order valence-electron chi connectivity index (χ2n) is 4.58. The molecule has 2 heterocycles. The number of ether oxygens (including phenoxy) is 1. The lowest BCUT2D eigenvalue weighted by molar-refractivity contribution is 0.176. The number of pyridine rings is 1. The van der Waals surface area contributed by atoms with E-state index < -0.39 is 0 Å². The van der Waals surface area contributed by atoms with E-state index in [2.05, 4.69) is 17.2 Å². The van der Waals surface area contributed by atoms with Crippen molar-refractivity contribution in [1.29, 1.82) is 0 Å². The number of nitrogens with one attached hydrogen (secondary N) is 1. The van der Waals surface area contributed by atoms with Crippen molar-refractivity contribution in [3.8, 4) is 0 Å². The molecule has 17 heavy (non-hydrogen) atoms. The summed E-state index contributed by atoms with van der Waals surface area (Å²) in [5.74, 6) is 1.21. The van der Waals surface area contributed by atoms with Crippen LogP contribution in [0.5, 0.6) is 0 Å². The zero-order chi connectivity index (χ0) is 12.1. The SMILES string of the molecule is CCNC(Cc1ccnc(N)c1)C1CCOC1. The van der Waals surface area contributed by atoms with Crippen molar-refractivity contribution < 1.29 is 4.74 Å². The van der Waals surface area contributed by atoms with Crippen molar-refractivity contribution in [2.45, 2.75) is 25.8 Å². The lowest BCUT2D eigenvalue weighted by atomic mass is 9.93. The fourth-order valence-corrected chi connectivity index (χ4v) is 2.41. The minimum Gasteiger partial charge on any atom is -0.384 e. The maximum absolute atomic E-state index is 5.71. The molecule has 0 aliphatic carbocycles. The van der Waals surface area contributed by atoms with E-state index in [0.29, 0.717) is 17.8 Å². The lowest BCUT2D eigenvalue weighted by Crippen LogP contribution is -2.38. The van der Waals surface area contributed by atoms with Crippen molar-refractivity contribution >= 4 is 5.82 Å². The summed E-state index contributed by atoms with van der Waals surface area (Å²) >= 11 is 0. The second kappa shape index (κ2) is 5.98. The monoisotopic (exact) mass is 235 g/mol. The summed E-state index contributed by atoms with van der Waals surface area (Å²) in [7, 11) is 0. The lowest BCUT2D eigenvalue weighted by Gasteiger charge is -2.23. The van der Waals surface area contributed by atoms with Gasteiger partial charge in [0.05, 0.1) is 6.61 Å². The van der Waals surface area contributed by atoms with Gasteiger partial charge in [0.25, 0.3) is 0 Å². The molecule has 3 N–H and O–H groups in total. The van der Waals surface area contributed by atoms with Crippen LogP contribution in [0.1, 0.15) is 18.9 Å². The molecular formula is C13H21N3O. The van der Waals surface area contributed by atoms with Crippen molar-refractivity contribution in [2.24, 2.45) is 5.92 Å². The summed E-state index contributed by atoms with van der Waals surface area (Å²) < 4.78 is 5.47. The molecule has 1 aromatic rings. The highest BCUT2D eigenvalue weighted by Crippen LogP contribution is 2.20. The highest BCUT2D eigenvalue weighted by atomic mass is 16.5. The van der Waals surface area contributed by atoms with Gasteiger partial charge in [0.2, 0.25) is 0 Å². The van der Waals surface area contributed by atoms with Crippen LogP contribution in [-0.4, -0.2) is 30.8 Å².